The minimum atomic E-state index is 0.420. The van der Waals surface area contributed by atoms with Crippen LogP contribution in [0.25, 0.3) is 0 Å². The van der Waals surface area contributed by atoms with E-state index in [2.05, 4.69) is 36.8 Å². The first kappa shape index (κ1) is 11.7. The molecule has 14 heavy (non-hydrogen) atoms. The van der Waals surface area contributed by atoms with Crippen LogP contribution in [-0.2, 0) is 6.42 Å². The van der Waals surface area contributed by atoms with E-state index in [9.17, 15) is 0 Å². The molecule has 0 radical (unpaired) electrons. The SMILES string of the molecule is CCC(CC)C(Cc1cccs1)NN. The summed E-state index contributed by atoms with van der Waals surface area (Å²) in [7, 11) is 0. The molecule has 0 spiro atoms. The Hall–Kier alpha value is -0.380. The summed E-state index contributed by atoms with van der Waals surface area (Å²) in [6.07, 6.45) is 3.44. The number of hydrogen-bond donors (Lipinski definition) is 2. The second-order valence-corrected chi connectivity index (χ2v) is 4.67. The largest absolute Gasteiger partial charge is 0.271 e. The third-order valence-corrected chi connectivity index (χ3v) is 3.73. The molecule has 0 aliphatic heterocycles. The van der Waals surface area contributed by atoms with Crippen LogP contribution in [0, 0.1) is 5.92 Å². The predicted molar refractivity (Wildman–Crippen MR) is 63.2 cm³/mol. The molecule has 1 atom stereocenters. The average Bonchev–Trinajstić information content (AvgIpc) is 2.70. The first-order valence-electron chi connectivity index (χ1n) is 5.30. The number of thiophene rings is 1. The molecule has 0 aromatic carbocycles. The fraction of sp³-hybridized carbons (Fsp3) is 0.636. The quantitative estimate of drug-likeness (QED) is 0.562. The van der Waals surface area contributed by atoms with Gasteiger partial charge in [0.15, 0.2) is 0 Å². The molecule has 1 unspecified atom stereocenters. The molecule has 1 aromatic rings. The smallest absolute Gasteiger partial charge is 0.0286 e. The van der Waals surface area contributed by atoms with Gasteiger partial charge in [0.1, 0.15) is 0 Å². The lowest BCUT2D eigenvalue weighted by molar-refractivity contribution is 0.337. The van der Waals surface area contributed by atoms with Gasteiger partial charge in [-0.1, -0.05) is 32.8 Å². The Balaban J connectivity index is 2.53. The molecule has 3 N–H and O–H groups in total. The zero-order valence-electron chi connectivity index (χ0n) is 8.99. The summed E-state index contributed by atoms with van der Waals surface area (Å²) < 4.78 is 0. The van der Waals surface area contributed by atoms with E-state index in [1.54, 1.807) is 0 Å². The molecule has 0 saturated heterocycles. The van der Waals surface area contributed by atoms with Crippen LogP contribution in [-0.4, -0.2) is 6.04 Å². The van der Waals surface area contributed by atoms with Gasteiger partial charge in [0.2, 0.25) is 0 Å². The van der Waals surface area contributed by atoms with Gasteiger partial charge in [-0.15, -0.1) is 11.3 Å². The maximum Gasteiger partial charge on any atom is 0.0286 e. The predicted octanol–water partition coefficient (Wildman–Crippen LogP) is 2.56. The Morgan fingerprint density at radius 1 is 1.43 bits per heavy atom. The Morgan fingerprint density at radius 3 is 2.57 bits per heavy atom. The van der Waals surface area contributed by atoms with E-state index in [1.165, 1.54) is 17.7 Å². The lowest BCUT2D eigenvalue weighted by atomic mass is 9.92. The molecule has 1 rings (SSSR count). The van der Waals surface area contributed by atoms with Crippen LogP contribution < -0.4 is 11.3 Å². The zero-order valence-corrected chi connectivity index (χ0v) is 9.81. The maximum atomic E-state index is 5.60. The van der Waals surface area contributed by atoms with Crippen molar-refractivity contribution in [2.45, 2.75) is 39.2 Å². The summed E-state index contributed by atoms with van der Waals surface area (Å²) >= 11 is 1.81. The van der Waals surface area contributed by atoms with Crippen LogP contribution in [0.3, 0.4) is 0 Å². The molecule has 0 aliphatic carbocycles. The fourth-order valence-electron chi connectivity index (χ4n) is 1.86. The van der Waals surface area contributed by atoms with Gasteiger partial charge < -0.3 is 0 Å². The van der Waals surface area contributed by atoms with Crippen molar-refractivity contribution < 1.29 is 0 Å². The van der Waals surface area contributed by atoms with Gasteiger partial charge in [-0.2, -0.15) is 0 Å². The van der Waals surface area contributed by atoms with Crippen LogP contribution in [0.2, 0.25) is 0 Å². The Labute approximate surface area is 90.5 Å². The molecule has 3 heteroatoms. The van der Waals surface area contributed by atoms with Crippen LogP contribution in [0.5, 0.6) is 0 Å². The summed E-state index contributed by atoms with van der Waals surface area (Å²) in [5.74, 6) is 6.28. The minimum Gasteiger partial charge on any atom is -0.271 e. The van der Waals surface area contributed by atoms with Crippen molar-refractivity contribution in [3.63, 3.8) is 0 Å². The van der Waals surface area contributed by atoms with Gasteiger partial charge in [0.05, 0.1) is 0 Å². The number of hydrazine groups is 1. The van der Waals surface area contributed by atoms with Crippen LogP contribution in [0.4, 0.5) is 0 Å². The molecular formula is C11H20N2S. The first-order chi connectivity index (χ1) is 6.81. The van der Waals surface area contributed by atoms with Crippen LogP contribution >= 0.6 is 11.3 Å². The topological polar surface area (TPSA) is 38.0 Å². The monoisotopic (exact) mass is 212 g/mol. The standard InChI is InChI=1S/C11H20N2S/c1-3-9(4-2)11(13-12)8-10-6-5-7-14-10/h5-7,9,11,13H,3-4,8,12H2,1-2H3. The fourth-order valence-corrected chi connectivity index (χ4v) is 2.63. The molecule has 80 valence electrons. The summed E-state index contributed by atoms with van der Waals surface area (Å²) in [5.41, 5.74) is 2.95. The molecule has 0 amide bonds. The van der Waals surface area contributed by atoms with Crippen molar-refractivity contribution in [1.82, 2.24) is 5.43 Å². The van der Waals surface area contributed by atoms with E-state index >= 15 is 0 Å². The van der Waals surface area contributed by atoms with Crippen LogP contribution in [0.1, 0.15) is 31.6 Å². The molecule has 0 saturated carbocycles. The highest BCUT2D eigenvalue weighted by Crippen LogP contribution is 2.19. The molecular weight excluding hydrogens is 192 g/mol. The van der Waals surface area contributed by atoms with Gasteiger partial charge in [0.25, 0.3) is 0 Å². The zero-order chi connectivity index (χ0) is 10.4. The van der Waals surface area contributed by atoms with E-state index in [0.717, 1.165) is 6.42 Å². The molecule has 0 bridgehead atoms. The average molecular weight is 212 g/mol. The Kier molecular flexibility index (Phi) is 5.15. The van der Waals surface area contributed by atoms with Crippen LogP contribution in [0.15, 0.2) is 17.5 Å². The van der Waals surface area contributed by atoms with Gasteiger partial charge in [0, 0.05) is 10.9 Å². The van der Waals surface area contributed by atoms with Gasteiger partial charge >= 0.3 is 0 Å². The van der Waals surface area contributed by atoms with Crippen molar-refractivity contribution in [2.24, 2.45) is 11.8 Å². The van der Waals surface area contributed by atoms with Crippen molar-refractivity contribution in [3.8, 4) is 0 Å². The lowest BCUT2D eigenvalue weighted by Gasteiger charge is -2.23. The normalized spacial score (nSPS) is 13.4. The highest BCUT2D eigenvalue weighted by Gasteiger charge is 2.17. The van der Waals surface area contributed by atoms with E-state index < -0.39 is 0 Å². The maximum absolute atomic E-state index is 5.60. The second kappa shape index (κ2) is 6.17. The number of hydrogen-bond acceptors (Lipinski definition) is 3. The molecule has 0 fully saturated rings. The third-order valence-electron chi connectivity index (χ3n) is 2.83. The van der Waals surface area contributed by atoms with Gasteiger partial charge in [-0.3, -0.25) is 11.3 Å². The molecule has 1 heterocycles. The third kappa shape index (κ3) is 3.08. The number of nitrogens with one attached hydrogen (secondary N) is 1. The number of rotatable bonds is 6. The number of nitrogens with two attached hydrogens (primary N) is 1. The second-order valence-electron chi connectivity index (χ2n) is 3.63. The van der Waals surface area contributed by atoms with Gasteiger partial charge in [-0.05, 0) is 23.8 Å². The highest BCUT2D eigenvalue weighted by molar-refractivity contribution is 7.09. The Bertz CT molecular complexity index is 229. The molecule has 2 nitrogen and oxygen atoms in total. The van der Waals surface area contributed by atoms with E-state index in [-0.39, 0.29) is 0 Å². The van der Waals surface area contributed by atoms with Gasteiger partial charge in [-0.25, -0.2) is 0 Å². The minimum absolute atomic E-state index is 0.420. The van der Waals surface area contributed by atoms with Crippen molar-refractivity contribution in [3.05, 3.63) is 22.4 Å². The molecule has 0 aliphatic rings. The van der Waals surface area contributed by atoms with Crippen molar-refractivity contribution in [2.75, 3.05) is 0 Å². The Morgan fingerprint density at radius 2 is 2.14 bits per heavy atom. The summed E-state index contributed by atoms with van der Waals surface area (Å²) in [4.78, 5) is 1.42. The van der Waals surface area contributed by atoms with E-state index in [4.69, 9.17) is 5.84 Å². The summed E-state index contributed by atoms with van der Waals surface area (Å²) in [6, 6.07) is 4.70. The van der Waals surface area contributed by atoms with Crippen molar-refractivity contribution >= 4 is 11.3 Å². The van der Waals surface area contributed by atoms with E-state index in [0.29, 0.717) is 12.0 Å². The molecule has 1 aromatic heterocycles. The van der Waals surface area contributed by atoms with E-state index in [1.807, 2.05) is 11.3 Å². The lowest BCUT2D eigenvalue weighted by Crippen LogP contribution is -2.42. The summed E-state index contributed by atoms with van der Waals surface area (Å²) in [6.45, 7) is 4.46. The van der Waals surface area contributed by atoms with Crippen molar-refractivity contribution in [1.29, 1.82) is 0 Å². The first-order valence-corrected chi connectivity index (χ1v) is 6.18. The summed E-state index contributed by atoms with van der Waals surface area (Å²) in [5, 5.41) is 2.12. The highest BCUT2D eigenvalue weighted by atomic mass is 32.1.